The largest absolute Gasteiger partial charge is 0.355 e. The number of thiophene rings is 1. The second-order valence-corrected chi connectivity index (χ2v) is 10.4. The summed E-state index contributed by atoms with van der Waals surface area (Å²) >= 11 is 1.75. The van der Waals surface area contributed by atoms with Crippen molar-refractivity contribution in [1.82, 2.24) is 20.2 Å². The summed E-state index contributed by atoms with van der Waals surface area (Å²) in [5, 5.41) is 4.50. The van der Waals surface area contributed by atoms with Crippen molar-refractivity contribution in [2.75, 3.05) is 31.1 Å². The van der Waals surface area contributed by atoms with Crippen LogP contribution < -0.4 is 10.2 Å². The van der Waals surface area contributed by atoms with E-state index in [9.17, 15) is 4.79 Å². The second-order valence-electron chi connectivity index (χ2n) is 9.31. The number of hydrogen-bond acceptors (Lipinski definition) is 6. The highest BCUT2D eigenvalue weighted by Gasteiger charge is 2.30. The molecule has 0 bridgehead atoms. The number of aryl methyl sites for hydroxylation is 1. The van der Waals surface area contributed by atoms with Gasteiger partial charge in [0.25, 0.3) is 0 Å². The van der Waals surface area contributed by atoms with Crippen molar-refractivity contribution in [3.05, 3.63) is 53.2 Å². The first kappa shape index (κ1) is 22.3. The van der Waals surface area contributed by atoms with E-state index in [1.165, 1.54) is 10.4 Å². The number of amides is 1. The average molecular weight is 464 g/mol. The molecule has 2 aliphatic heterocycles. The van der Waals surface area contributed by atoms with Gasteiger partial charge in [0.1, 0.15) is 17.0 Å². The van der Waals surface area contributed by atoms with Crippen molar-refractivity contribution in [3.8, 4) is 0 Å². The number of rotatable bonds is 6. The number of fused-ring (bicyclic) bond motifs is 1. The Morgan fingerprint density at radius 2 is 1.94 bits per heavy atom. The molecule has 0 radical (unpaired) electrons. The molecule has 174 valence electrons. The minimum Gasteiger partial charge on any atom is -0.355 e. The summed E-state index contributed by atoms with van der Waals surface area (Å²) in [6, 6.07) is 13.2. The molecule has 2 aromatic heterocycles. The summed E-state index contributed by atoms with van der Waals surface area (Å²) in [6.45, 7) is 6.92. The van der Waals surface area contributed by atoms with Gasteiger partial charge in [0.15, 0.2) is 0 Å². The van der Waals surface area contributed by atoms with Crippen LogP contribution >= 0.6 is 11.3 Å². The summed E-state index contributed by atoms with van der Waals surface area (Å²) in [6.07, 6.45) is 6.69. The quantitative estimate of drug-likeness (QED) is 0.592. The van der Waals surface area contributed by atoms with Crippen LogP contribution in [0.5, 0.6) is 0 Å². The molecule has 0 aliphatic carbocycles. The number of likely N-dealkylation sites (tertiary alicyclic amines) is 1. The van der Waals surface area contributed by atoms with Gasteiger partial charge in [-0.2, -0.15) is 0 Å². The van der Waals surface area contributed by atoms with E-state index < -0.39 is 0 Å². The molecule has 0 spiro atoms. The Hall–Kier alpha value is -2.51. The molecule has 1 unspecified atom stereocenters. The Balaban J connectivity index is 1.16. The summed E-state index contributed by atoms with van der Waals surface area (Å²) in [5.74, 6) is 1.23. The molecule has 7 heteroatoms. The summed E-state index contributed by atoms with van der Waals surface area (Å²) in [7, 11) is 0. The van der Waals surface area contributed by atoms with Crippen LogP contribution in [-0.2, 0) is 17.8 Å². The number of nitrogens with zero attached hydrogens (tertiary/aromatic N) is 4. The molecule has 4 heterocycles. The van der Waals surface area contributed by atoms with Crippen molar-refractivity contribution in [1.29, 1.82) is 0 Å². The lowest BCUT2D eigenvalue weighted by Crippen LogP contribution is -2.49. The highest BCUT2D eigenvalue weighted by atomic mass is 32.1. The highest BCUT2D eigenvalue weighted by Crippen LogP contribution is 2.32. The van der Waals surface area contributed by atoms with E-state index in [0.717, 1.165) is 80.9 Å². The molecule has 5 rings (SSSR count). The maximum Gasteiger partial charge on any atom is 0.225 e. The fourth-order valence-electron chi connectivity index (χ4n) is 5.10. The monoisotopic (exact) mass is 463 g/mol. The minimum absolute atomic E-state index is 0.0235. The van der Waals surface area contributed by atoms with Crippen molar-refractivity contribution in [2.45, 2.75) is 51.6 Å². The van der Waals surface area contributed by atoms with Gasteiger partial charge in [0, 0.05) is 43.6 Å². The first-order valence-electron chi connectivity index (χ1n) is 12.2. The SMILES string of the molecule is CCc1cc2c(N3CCCC(C(=O)NC4CCN(Cc5ccccc5)CC4)C3)ncnc2s1. The number of carbonyl (C=O) groups is 1. The van der Waals surface area contributed by atoms with Crippen LogP contribution in [0.2, 0.25) is 0 Å². The number of hydrogen-bond donors (Lipinski definition) is 1. The molecule has 2 saturated heterocycles. The molecule has 3 aromatic rings. The molecule has 0 saturated carbocycles. The van der Waals surface area contributed by atoms with Crippen molar-refractivity contribution in [2.24, 2.45) is 5.92 Å². The third-order valence-corrected chi connectivity index (χ3v) is 8.17. The normalized spacial score (nSPS) is 20.3. The maximum atomic E-state index is 13.1. The van der Waals surface area contributed by atoms with Crippen molar-refractivity contribution in [3.63, 3.8) is 0 Å². The third kappa shape index (κ3) is 5.20. The van der Waals surface area contributed by atoms with E-state index in [1.807, 2.05) is 0 Å². The van der Waals surface area contributed by atoms with Crippen LogP contribution in [0.4, 0.5) is 5.82 Å². The van der Waals surface area contributed by atoms with E-state index in [1.54, 1.807) is 17.7 Å². The summed E-state index contributed by atoms with van der Waals surface area (Å²) in [5.41, 5.74) is 1.36. The summed E-state index contributed by atoms with van der Waals surface area (Å²) < 4.78 is 0. The second kappa shape index (κ2) is 10.2. The highest BCUT2D eigenvalue weighted by molar-refractivity contribution is 7.18. The number of carbonyl (C=O) groups excluding carboxylic acids is 1. The number of benzene rings is 1. The Kier molecular flexibility index (Phi) is 6.88. The molecule has 33 heavy (non-hydrogen) atoms. The Bertz CT molecular complexity index is 1080. The van der Waals surface area contributed by atoms with Gasteiger partial charge in [0.2, 0.25) is 5.91 Å². The van der Waals surface area contributed by atoms with Crippen LogP contribution in [0.15, 0.2) is 42.7 Å². The first-order valence-corrected chi connectivity index (χ1v) is 13.1. The zero-order chi connectivity index (χ0) is 22.6. The first-order chi connectivity index (χ1) is 16.2. The van der Waals surface area contributed by atoms with Crippen LogP contribution in [0.3, 0.4) is 0 Å². The predicted octanol–water partition coefficient (Wildman–Crippen LogP) is 4.25. The Labute approximate surface area is 200 Å². The van der Waals surface area contributed by atoms with Crippen molar-refractivity contribution >= 4 is 33.3 Å². The van der Waals surface area contributed by atoms with Crippen LogP contribution in [0.25, 0.3) is 10.2 Å². The minimum atomic E-state index is 0.0235. The lowest BCUT2D eigenvalue weighted by Gasteiger charge is -2.36. The number of nitrogens with one attached hydrogen (secondary N) is 1. The van der Waals surface area contributed by atoms with E-state index >= 15 is 0 Å². The van der Waals surface area contributed by atoms with Crippen molar-refractivity contribution < 1.29 is 4.79 Å². The van der Waals surface area contributed by atoms with E-state index in [2.05, 4.69) is 68.4 Å². The number of piperidine rings is 2. The fraction of sp³-hybridized carbons (Fsp3) is 0.500. The molecule has 1 N–H and O–H groups in total. The van der Waals surface area contributed by atoms with E-state index in [4.69, 9.17) is 0 Å². The van der Waals surface area contributed by atoms with Gasteiger partial charge in [0.05, 0.1) is 11.3 Å². The fourth-order valence-corrected chi connectivity index (χ4v) is 6.03. The van der Waals surface area contributed by atoms with Gasteiger partial charge in [-0.1, -0.05) is 37.3 Å². The number of anilines is 1. The zero-order valence-electron chi connectivity index (χ0n) is 19.4. The molecule has 1 amide bonds. The molecule has 1 atom stereocenters. The smallest absolute Gasteiger partial charge is 0.225 e. The van der Waals surface area contributed by atoms with Gasteiger partial charge in [-0.15, -0.1) is 11.3 Å². The van der Waals surface area contributed by atoms with Gasteiger partial charge in [-0.05, 0) is 43.7 Å². The lowest BCUT2D eigenvalue weighted by atomic mass is 9.95. The van der Waals surface area contributed by atoms with Crippen LogP contribution in [0, 0.1) is 5.92 Å². The molecular weight excluding hydrogens is 430 g/mol. The number of aromatic nitrogens is 2. The van der Waals surface area contributed by atoms with E-state index in [0.29, 0.717) is 0 Å². The van der Waals surface area contributed by atoms with Gasteiger partial charge >= 0.3 is 0 Å². The standard InChI is InChI=1S/C26H33N5OS/c1-2-22-15-23-24(27-18-28-26(23)33-22)31-12-6-9-20(17-31)25(32)29-21-10-13-30(14-11-21)16-19-7-4-3-5-8-19/h3-5,7-8,15,18,20-21H,2,6,9-14,16-17H2,1H3,(H,29,32). The lowest BCUT2D eigenvalue weighted by molar-refractivity contribution is -0.126. The van der Waals surface area contributed by atoms with E-state index in [-0.39, 0.29) is 17.9 Å². The summed E-state index contributed by atoms with van der Waals surface area (Å²) in [4.78, 5) is 29.4. The van der Waals surface area contributed by atoms with Gasteiger partial charge in [-0.25, -0.2) is 9.97 Å². The molecule has 1 aromatic carbocycles. The Morgan fingerprint density at radius 3 is 2.73 bits per heavy atom. The van der Waals surface area contributed by atoms with Crippen LogP contribution in [0.1, 0.15) is 43.0 Å². The zero-order valence-corrected chi connectivity index (χ0v) is 20.2. The van der Waals surface area contributed by atoms with Gasteiger partial charge in [-0.3, -0.25) is 9.69 Å². The third-order valence-electron chi connectivity index (χ3n) is 6.98. The molecule has 2 fully saturated rings. The molecular formula is C26H33N5OS. The average Bonchev–Trinajstić information content (AvgIpc) is 3.30. The topological polar surface area (TPSA) is 61.4 Å². The maximum absolute atomic E-state index is 13.1. The molecule has 2 aliphatic rings. The Morgan fingerprint density at radius 1 is 1.12 bits per heavy atom. The predicted molar refractivity (Wildman–Crippen MR) is 135 cm³/mol. The van der Waals surface area contributed by atoms with Crippen LogP contribution in [-0.4, -0.2) is 53.0 Å². The molecule has 6 nitrogen and oxygen atoms in total. The van der Waals surface area contributed by atoms with Gasteiger partial charge < -0.3 is 10.2 Å².